The summed E-state index contributed by atoms with van der Waals surface area (Å²) in [5.74, 6) is -0.0358. The summed E-state index contributed by atoms with van der Waals surface area (Å²) >= 11 is 0. The molecule has 4 heterocycles. The zero-order valence-electron chi connectivity index (χ0n) is 18.8. The summed E-state index contributed by atoms with van der Waals surface area (Å²) in [5.41, 5.74) is 6.70. The molecule has 1 unspecified atom stereocenters. The van der Waals surface area contributed by atoms with Crippen LogP contribution in [0, 0.1) is 0 Å². The zero-order valence-corrected chi connectivity index (χ0v) is 18.8. The predicted octanol–water partition coefficient (Wildman–Crippen LogP) is 3.27. The Morgan fingerprint density at radius 3 is 2.69 bits per heavy atom. The van der Waals surface area contributed by atoms with Crippen molar-refractivity contribution in [1.82, 2.24) is 20.3 Å². The van der Waals surface area contributed by atoms with Crippen molar-refractivity contribution in [2.24, 2.45) is 10.7 Å². The third-order valence-corrected chi connectivity index (χ3v) is 5.66. The summed E-state index contributed by atoms with van der Waals surface area (Å²) in [6, 6.07) is 7.37. The van der Waals surface area contributed by atoms with Gasteiger partial charge in [0.1, 0.15) is 5.82 Å². The number of pyridine rings is 1. The number of alkyl halides is 3. The van der Waals surface area contributed by atoms with Crippen LogP contribution in [0.4, 0.5) is 30.6 Å². The predicted molar refractivity (Wildman–Crippen MR) is 127 cm³/mol. The molecule has 35 heavy (non-hydrogen) atoms. The summed E-state index contributed by atoms with van der Waals surface area (Å²) in [6.07, 6.45) is 0.153. The Balaban J connectivity index is 1.56. The lowest BCUT2D eigenvalue weighted by Gasteiger charge is -2.29. The molecule has 12 heteroatoms. The number of anilines is 3. The van der Waals surface area contributed by atoms with Crippen LogP contribution in [0.5, 0.6) is 0 Å². The van der Waals surface area contributed by atoms with Crippen molar-refractivity contribution >= 4 is 40.1 Å². The largest absolute Gasteiger partial charge is 0.418 e. The van der Waals surface area contributed by atoms with Crippen LogP contribution in [0.25, 0.3) is 16.5 Å². The molecule has 1 fully saturated rings. The van der Waals surface area contributed by atoms with Gasteiger partial charge in [0.25, 0.3) is 0 Å². The number of nitrogens with two attached hydrogens (primary N) is 1. The molecule has 0 saturated carbocycles. The minimum Gasteiger partial charge on any atom is -0.378 e. The highest BCUT2D eigenvalue weighted by atomic mass is 19.4. The molecular weight excluding hydrogens is 461 g/mol. The van der Waals surface area contributed by atoms with E-state index in [2.05, 4.69) is 35.5 Å². The van der Waals surface area contributed by atoms with E-state index in [4.69, 9.17) is 10.5 Å². The number of aromatic nitrogens is 3. The smallest absolute Gasteiger partial charge is 0.378 e. The normalized spacial score (nSPS) is 20.5. The first-order valence-corrected chi connectivity index (χ1v) is 11.0. The van der Waals surface area contributed by atoms with Crippen molar-refractivity contribution in [2.45, 2.75) is 18.9 Å². The molecule has 3 aromatic rings. The number of halogens is 3. The lowest BCUT2D eigenvalue weighted by atomic mass is 10.1. The van der Waals surface area contributed by atoms with E-state index in [1.165, 1.54) is 12.3 Å². The number of morpholine rings is 1. The third kappa shape index (κ3) is 4.88. The molecule has 0 aliphatic carbocycles. The Bertz CT molecular complexity index is 1320. The van der Waals surface area contributed by atoms with E-state index in [1.54, 1.807) is 31.5 Å². The van der Waals surface area contributed by atoms with E-state index in [0.29, 0.717) is 54.5 Å². The van der Waals surface area contributed by atoms with Gasteiger partial charge < -0.3 is 20.3 Å². The first kappa shape index (κ1) is 23.0. The topological polar surface area (TPSA) is 114 Å². The second-order valence-corrected chi connectivity index (χ2v) is 8.37. The molecule has 5 rings (SSSR count). The number of fused-ring (bicyclic) bond motifs is 1. The molecule has 0 bridgehead atoms. The fraction of sp³-hybridized carbons (Fsp3) is 0.304. The highest BCUT2D eigenvalue weighted by Gasteiger charge is 2.33. The van der Waals surface area contributed by atoms with Gasteiger partial charge in [-0.2, -0.15) is 18.2 Å². The lowest BCUT2D eigenvalue weighted by Crippen LogP contribution is -2.48. The molecular formula is C23H23F3N8O. The van der Waals surface area contributed by atoms with Gasteiger partial charge in [0, 0.05) is 48.7 Å². The summed E-state index contributed by atoms with van der Waals surface area (Å²) in [7, 11) is 0. The number of nitrogens with one attached hydrogen (secondary N) is 2. The zero-order chi connectivity index (χ0) is 24.6. The van der Waals surface area contributed by atoms with Gasteiger partial charge in [-0.3, -0.25) is 15.7 Å². The first-order valence-electron chi connectivity index (χ1n) is 11.0. The van der Waals surface area contributed by atoms with E-state index in [9.17, 15) is 13.2 Å². The van der Waals surface area contributed by atoms with Crippen LogP contribution < -0.4 is 21.3 Å². The van der Waals surface area contributed by atoms with Crippen LogP contribution in [0.15, 0.2) is 47.7 Å². The van der Waals surface area contributed by atoms with E-state index in [1.807, 2.05) is 6.07 Å². The molecule has 0 spiro atoms. The van der Waals surface area contributed by atoms with E-state index in [-0.39, 0.29) is 11.5 Å². The number of allylic oxidation sites excluding steroid dienone is 1. The Labute approximate surface area is 198 Å². The van der Waals surface area contributed by atoms with Gasteiger partial charge >= 0.3 is 6.18 Å². The Morgan fingerprint density at radius 1 is 1.17 bits per heavy atom. The maximum atomic E-state index is 13.5. The SMILES string of the molecule is CC1(N)N=CC(c2cc(N3CCOCC3)nc(Nc3ccnc4c(C(F)(F)F)cccc34)n2)=CN1. The standard InChI is InChI=1S/C23H23F3N8O/c1-22(27)29-12-14(13-30-22)18-11-19(34-7-9-35-10-8-34)33-21(32-18)31-17-5-6-28-20-15(17)3-2-4-16(20)23(24,25)26/h2-6,11-13,29H,7-10,27H2,1H3,(H,28,31,32,33). The van der Waals surface area contributed by atoms with Gasteiger partial charge in [-0.15, -0.1) is 0 Å². The molecule has 2 aliphatic heterocycles. The first-order chi connectivity index (χ1) is 16.7. The maximum absolute atomic E-state index is 13.5. The van der Waals surface area contributed by atoms with Crippen LogP contribution in [-0.2, 0) is 10.9 Å². The molecule has 2 aliphatic rings. The van der Waals surface area contributed by atoms with Crippen molar-refractivity contribution < 1.29 is 17.9 Å². The molecule has 1 saturated heterocycles. The van der Waals surface area contributed by atoms with Gasteiger partial charge in [-0.05, 0) is 19.1 Å². The molecule has 1 aromatic carbocycles. The van der Waals surface area contributed by atoms with Crippen LogP contribution in [-0.4, -0.2) is 53.3 Å². The summed E-state index contributed by atoms with van der Waals surface area (Å²) < 4.78 is 46.0. The van der Waals surface area contributed by atoms with Crippen molar-refractivity contribution in [3.63, 3.8) is 0 Å². The number of ether oxygens (including phenoxy) is 1. The Hall–Kier alpha value is -3.77. The van der Waals surface area contributed by atoms with Crippen LogP contribution in [0.2, 0.25) is 0 Å². The summed E-state index contributed by atoms with van der Waals surface area (Å²) in [6.45, 7) is 4.15. The molecule has 9 nitrogen and oxygen atoms in total. The third-order valence-electron chi connectivity index (χ3n) is 5.66. The number of hydrogen-bond acceptors (Lipinski definition) is 9. The quantitative estimate of drug-likeness (QED) is 0.517. The number of benzene rings is 1. The fourth-order valence-electron chi connectivity index (χ4n) is 3.87. The highest BCUT2D eigenvalue weighted by Crippen LogP contribution is 2.36. The minimum atomic E-state index is -4.53. The van der Waals surface area contributed by atoms with E-state index >= 15 is 0 Å². The van der Waals surface area contributed by atoms with Gasteiger partial charge in [0.15, 0.2) is 5.79 Å². The number of aliphatic imine (C=N–C) groups is 1. The highest BCUT2D eigenvalue weighted by molar-refractivity contribution is 6.10. The van der Waals surface area contributed by atoms with Crippen molar-refractivity contribution in [1.29, 1.82) is 0 Å². The summed E-state index contributed by atoms with van der Waals surface area (Å²) in [5, 5.41) is 6.41. The number of hydrogen-bond donors (Lipinski definition) is 3. The van der Waals surface area contributed by atoms with Crippen LogP contribution in [0.1, 0.15) is 18.2 Å². The van der Waals surface area contributed by atoms with Gasteiger partial charge in [-0.25, -0.2) is 4.98 Å². The van der Waals surface area contributed by atoms with E-state index < -0.39 is 17.5 Å². The molecule has 1 atom stereocenters. The van der Waals surface area contributed by atoms with Crippen molar-refractivity contribution in [3.05, 3.63) is 54.0 Å². The average molecular weight is 484 g/mol. The lowest BCUT2D eigenvalue weighted by molar-refractivity contribution is -0.136. The van der Waals surface area contributed by atoms with Crippen LogP contribution >= 0.6 is 0 Å². The van der Waals surface area contributed by atoms with Crippen LogP contribution in [0.3, 0.4) is 0 Å². The number of para-hydroxylation sites is 1. The van der Waals surface area contributed by atoms with E-state index in [0.717, 1.165) is 6.07 Å². The molecule has 182 valence electrons. The Morgan fingerprint density at radius 2 is 1.97 bits per heavy atom. The maximum Gasteiger partial charge on any atom is 0.418 e. The second kappa shape index (κ2) is 8.78. The molecule has 0 amide bonds. The van der Waals surface area contributed by atoms with Crippen molar-refractivity contribution in [2.75, 3.05) is 36.5 Å². The molecule has 2 aromatic heterocycles. The van der Waals surface area contributed by atoms with Gasteiger partial charge in [0.2, 0.25) is 5.95 Å². The molecule has 4 N–H and O–H groups in total. The minimum absolute atomic E-state index is 0.150. The van der Waals surface area contributed by atoms with Crippen molar-refractivity contribution in [3.8, 4) is 0 Å². The van der Waals surface area contributed by atoms with Gasteiger partial charge in [-0.1, -0.05) is 12.1 Å². The Kier molecular flexibility index (Phi) is 5.77. The van der Waals surface area contributed by atoms with Gasteiger partial charge in [0.05, 0.1) is 35.7 Å². The average Bonchev–Trinajstić information content (AvgIpc) is 2.84. The fourth-order valence-corrected chi connectivity index (χ4v) is 3.87. The molecule has 0 radical (unpaired) electrons. The number of nitrogens with zero attached hydrogens (tertiary/aromatic N) is 5. The number of rotatable bonds is 4. The second-order valence-electron chi connectivity index (χ2n) is 8.37. The monoisotopic (exact) mass is 484 g/mol. The summed E-state index contributed by atoms with van der Waals surface area (Å²) in [4.78, 5) is 19.6.